The minimum absolute atomic E-state index is 0.00786. The van der Waals surface area contributed by atoms with Crippen LogP contribution in [0.15, 0.2) is 36.0 Å². The molecule has 9 heteroatoms. The van der Waals surface area contributed by atoms with Gasteiger partial charge in [0.05, 0.1) is 36.9 Å². The average Bonchev–Trinajstić information content (AvgIpc) is 3.69. The van der Waals surface area contributed by atoms with E-state index in [1.807, 2.05) is 32.1 Å². The molecule has 0 aliphatic carbocycles. The van der Waals surface area contributed by atoms with E-state index in [4.69, 9.17) is 18.9 Å². The van der Waals surface area contributed by atoms with Crippen molar-refractivity contribution in [3.8, 4) is 0 Å². The molecule has 0 saturated carbocycles. The molecule has 0 bridgehead atoms. The van der Waals surface area contributed by atoms with E-state index in [1.165, 1.54) is 6.92 Å². The number of carbonyl (C=O) groups is 2. The average molecular weight is 580 g/mol. The van der Waals surface area contributed by atoms with E-state index in [1.54, 1.807) is 27.2 Å². The van der Waals surface area contributed by atoms with E-state index in [-0.39, 0.29) is 73.4 Å². The second-order valence-corrected chi connectivity index (χ2v) is 12.0. The maximum absolute atomic E-state index is 12.8. The fourth-order valence-electron chi connectivity index (χ4n) is 5.78. The first-order chi connectivity index (χ1) is 19.2. The van der Waals surface area contributed by atoms with Crippen LogP contribution in [0.4, 0.5) is 0 Å². The van der Waals surface area contributed by atoms with E-state index in [0.717, 1.165) is 12.0 Å². The summed E-state index contributed by atoms with van der Waals surface area (Å²) >= 11 is 0. The van der Waals surface area contributed by atoms with Crippen molar-refractivity contribution in [2.75, 3.05) is 14.2 Å². The Balaban J connectivity index is 2.20. The van der Waals surface area contributed by atoms with Gasteiger partial charge in [0.25, 0.3) is 0 Å². The number of allylic oxidation sites excluding steroid dienone is 2. The minimum atomic E-state index is -1.39. The molecule has 1 amide bonds. The van der Waals surface area contributed by atoms with Gasteiger partial charge in [0.2, 0.25) is 5.91 Å². The zero-order valence-electron chi connectivity index (χ0n) is 26.3. The van der Waals surface area contributed by atoms with Gasteiger partial charge >= 0.3 is 5.97 Å². The molecule has 0 aromatic heterocycles. The second-order valence-electron chi connectivity index (χ2n) is 12.0. The molecule has 0 aromatic carbocycles. The third kappa shape index (κ3) is 10.3. The first-order valence-electron chi connectivity index (χ1n) is 14.9. The van der Waals surface area contributed by atoms with E-state index >= 15 is 0 Å². The lowest BCUT2D eigenvalue weighted by atomic mass is 9.87. The van der Waals surface area contributed by atoms with E-state index in [2.05, 4.69) is 32.2 Å². The van der Waals surface area contributed by atoms with Crippen molar-refractivity contribution in [2.45, 2.75) is 122 Å². The van der Waals surface area contributed by atoms with Crippen LogP contribution < -0.4 is 5.32 Å². The summed E-state index contributed by atoms with van der Waals surface area (Å²) in [6.45, 7) is 13.1. The SMILES string of the molecule is CCC(OC)C(C)C1OC1C(OC)C(C)/C=C/C=C(\C)[C@H]1NC(=O)CC(O)CCC(C)(O)C(OC(C)=O)/C=C/[C@@H]1C. The summed E-state index contributed by atoms with van der Waals surface area (Å²) in [7, 11) is 3.44. The highest BCUT2D eigenvalue weighted by Crippen LogP contribution is 2.38. The van der Waals surface area contributed by atoms with Gasteiger partial charge in [-0.05, 0) is 45.1 Å². The van der Waals surface area contributed by atoms with Gasteiger partial charge in [0.1, 0.15) is 17.8 Å². The summed E-state index contributed by atoms with van der Waals surface area (Å²) in [4.78, 5) is 24.5. The van der Waals surface area contributed by atoms with Gasteiger partial charge in [-0.25, -0.2) is 0 Å². The number of ether oxygens (including phenoxy) is 4. The molecule has 1 saturated heterocycles. The summed E-state index contributed by atoms with van der Waals surface area (Å²) in [5, 5.41) is 24.5. The van der Waals surface area contributed by atoms with Crippen molar-refractivity contribution in [3.63, 3.8) is 0 Å². The molecule has 9 unspecified atom stereocenters. The third-order valence-electron chi connectivity index (χ3n) is 8.49. The molecule has 0 radical (unpaired) electrons. The molecule has 234 valence electrons. The maximum Gasteiger partial charge on any atom is 0.303 e. The van der Waals surface area contributed by atoms with Crippen LogP contribution in [0.3, 0.4) is 0 Å². The smallest absolute Gasteiger partial charge is 0.303 e. The number of rotatable bonds is 11. The number of hydrogen-bond donors (Lipinski definition) is 3. The zero-order valence-corrected chi connectivity index (χ0v) is 26.3. The summed E-state index contributed by atoms with van der Waals surface area (Å²) in [5.41, 5.74) is -0.478. The summed E-state index contributed by atoms with van der Waals surface area (Å²) in [6, 6.07) is -0.372. The van der Waals surface area contributed by atoms with Crippen molar-refractivity contribution in [1.82, 2.24) is 5.32 Å². The molecule has 0 spiro atoms. The molecular formula is C32H53NO8. The molecule has 0 aromatic rings. The number of nitrogens with one attached hydrogen (secondary N) is 1. The van der Waals surface area contributed by atoms with Crippen LogP contribution in [0, 0.1) is 17.8 Å². The lowest BCUT2D eigenvalue weighted by Gasteiger charge is -2.32. The Kier molecular flexibility index (Phi) is 13.7. The van der Waals surface area contributed by atoms with Crippen molar-refractivity contribution >= 4 is 11.9 Å². The van der Waals surface area contributed by atoms with Crippen LogP contribution in [0.25, 0.3) is 0 Å². The Bertz CT molecular complexity index is 940. The number of aliphatic hydroxyl groups is 2. The number of amides is 1. The van der Waals surface area contributed by atoms with Gasteiger partial charge in [-0.1, -0.05) is 57.6 Å². The Morgan fingerprint density at radius 1 is 1.22 bits per heavy atom. The van der Waals surface area contributed by atoms with Gasteiger partial charge in [-0.3, -0.25) is 9.59 Å². The van der Waals surface area contributed by atoms with Gasteiger partial charge < -0.3 is 34.5 Å². The highest BCUT2D eigenvalue weighted by atomic mass is 16.6. The molecule has 2 heterocycles. The first-order valence-corrected chi connectivity index (χ1v) is 14.9. The van der Waals surface area contributed by atoms with Crippen LogP contribution in [0.1, 0.15) is 74.1 Å². The zero-order chi connectivity index (χ0) is 30.9. The summed E-state index contributed by atoms with van der Waals surface area (Å²) in [6.07, 6.45) is 9.08. The Labute approximate surface area is 246 Å². The molecule has 3 N–H and O–H groups in total. The fourth-order valence-corrected chi connectivity index (χ4v) is 5.78. The van der Waals surface area contributed by atoms with Crippen molar-refractivity contribution in [1.29, 1.82) is 0 Å². The molecule has 41 heavy (non-hydrogen) atoms. The quantitative estimate of drug-likeness (QED) is 0.146. The standard InChI is InChI=1S/C32H53NO8/c1-10-25(38-8)22(5)30-31(41-30)29(39-9)21(4)13-11-12-19(2)28-20(3)14-15-26(40-23(6)34)32(7,37)17-16-24(35)18-27(36)33-28/h11-15,20-22,24-26,28-31,35,37H,10,16-18H2,1-9H3,(H,33,36)/b13-11+,15-14+,19-12+/t20-,21?,22?,24?,25?,26?,28+,29?,30?,31?,32?/m0/s1. The number of aliphatic hydroxyl groups excluding tert-OH is 1. The molecule has 1 fully saturated rings. The minimum Gasteiger partial charge on any atom is -0.455 e. The second kappa shape index (κ2) is 16.0. The van der Waals surface area contributed by atoms with Crippen LogP contribution in [-0.4, -0.2) is 84.6 Å². The number of epoxide rings is 1. The van der Waals surface area contributed by atoms with Crippen LogP contribution in [0.2, 0.25) is 0 Å². The Morgan fingerprint density at radius 3 is 2.49 bits per heavy atom. The monoisotopic (exact) mass is 579 g/mol. The molecule has 11 atom stereocenters. The van der Waals surface area contributed by atoms with Gasteiger partial charge in [-0.2, -0.15) is 0 Å². The molecule has 9 nitrogen and oxygen atoms in total. The Hall–Kier alpha value is -2.04. The lowest BCUT2D eigenvalue weighted by Crippen LogP contribution is -2.44. The Morgan fingerprint density at radius 2 is 1.90 bits per heavy atom. The van der Waals surface area contributed by atoms with Gasteiger partial charge in [0.15, 0.2) is 0 Å². The number of methoxy groups -OCH3 is 2. The largest absolute Gasteiger partial charge is 0.455 e. The normalized spacial score (nSPS) is 35.4. The van der Waals surface area contributed by atoms with Crippen LogP contribution in [0.5, 0.6) is 0 Å². The fraction of sp³-hybridized carbons (Fsp3) is 0.750. The number of esters is 1. The number of hydrogen-bond acceptors (Lipinski definition) is 8. The van der Waals surface area contributed by atoms with Crippen molar-refractivity contribution < 1.29 is 38.7 Å². The van der Waals surface area contributed by atoms with E-state index < -0.39 is 23.8 Å². The first kappa shape index (κ1) is 35.2. The highest BCUT2D eigenvalue weighted by Gasteiger charge is 2.51. The predicted molar refractivity (Wildman–Crippen MR) is 158 cm³/mol. The van der Waals surface area contributed by atoms with Crippen LogP contribution >= 0.6 is 0 Å². The van der Waals surface area contributed by atoms with E-state index in [9.17, 15) is 19.8 Å². The van der Waals surface area contributed by atoms with E-state index in [0.29, 0.717) is 0 Å². The van der Waals surface area contributed by atoms with Crippen molar-refractivity contribution in [2.24, 2.45) is 17.8 Å². The van der Waals surface area contributed by atoms with Crippen molar-refractivity contribution in [3.05, 3.63) is 36.0 Å². The summed E-state index contributed by atoms with van der Waals surface area (Å²) in [5.74, 6) is -0.605. The topological polar surface area (TPSA) is 127 Å². The molecular weight excluding hydrogens is 526 g/mol. The third-order valence-corrected chi connectivity index (χ3v) is 8.49. The molecule has 2 rings (SSSR count). The molecule has 2 aliphatic heterocycles. The maximum atomic E-state index is 12.8. The molecule has 2 aliphatic rings. The number of carbonyl (C=O) groups excluding carboxylic acids is 2. The highest BCUT2D eigenvalue weighted by molar-refractivity contribution is 5.77. The summed E-state index contributed by atoms with van der Waals surface area (Å²) < 4.78 is 22.9. The van der Waals surface area contributed by atoms with Gasteiger partial charge in [-0.15, -0.1) is 0 Å². The lowest BCUT2D eigenvalue weighted by molar-refractivity contribution is -0.156. The predicted octanol–water partition coefficient (Wildman–Crippen LogP) is 3.87. The van der Waals surface area contributed by atoms with Crippen LogP contribution in [-0.2, 0) is 28.5 Å². The van der Waals surface area contributed by atoms with Gasteiger partial charge in [0, 0.05) is 33.0 Å².